The first kappa shape index (κ1) is 23.1. The van der Waals surface area contributed by atoms with E-state index in [-0.39, 0.29) is 60.7 Å². The van der Waals surface area contributed by atoms with Crippen LogP contribution >= 0.6 is 11.3 Å². The second-order valence-electron chi connectivity index (χ2n) is 7.78. The Bertz CT molecular complexity index is 1340. The van der Waals surface area contributed by atoms with Gasteiger partial charge in [0.25, 0.3) is 0 Å². The molecule has 0 aliphatic carbocycles. The van der Waals surface area contributed by atoms with Crippen LogP contribution in [0.2, 0.25) is 0 Å². The van der Waals surface area contributed by atoms with Crippen LogP contribution in [0.25, 0.3) is 10.2 Å². The zero-order valence-corrected chi connectivity index (χ0v) is 19.7. The third-order valence-corrected chi connectivity index (χ3v) is 8.53. The number of nitrogens with one attached hydrogen (secondary N) is 1. The van der Waals surface area contributed by atoms with Gasteiger partial charge in [-0.3, -0.25) is 14.4 Å². The number of benzene rings is 2. The van der Waals surface area contributed by atoms with Crippen molar-refractivity contribution in [2.24, 2.45) is 7.05 Å². The lowest BCUT2D eigenvalue weighted by Crippen LogP contribution is -2.52. The second kappa shape index (κ2) is 9.46. The van der Waals surface area contributed by atoms with Gasteiger partial charge in [0.05, 0.1) is 28.1 Å². The van der Waals surface area contributed by atoms with Crippen LogP contribution in [0.4, 0.5) is 0 Å². The Labute approximate surface area is 195 Å². The Morgan fingerprint density at radius 3 is 2.42 bits per heavy atom. The summed E-state index contributed by atoms with van der Waals surface area (Å²) in [6.45, 7) is 0.688. The predicted octanol–water partition coefficient (Wildman–Crippen LogP) is 0.792. The number of carbonyl (C=O) groups excluding carboxylic acids is 2. The molecular weight excluding hydrogens is 464 g/mol. The highest BCUT2D eigenvalue weighted by Crippen LogP contribution is 2.24. The van der Waals surface area contributed by atoms with E-state index in [9.17, 15) is 22.8 Å². The Morgan fingerprint density at radius 1 is 1.03 bits per heavy atom. The maximum absolute atomic E-state index is 13.1. The van der Waals surface area contributed by atoms with Crippen molar-refractivity contribution in [1.29, 1.82) is 0 Å². The second-order valence-corrected chi connectivity index (χ2v) is 10.7. The fraction of sp³-hybridized carbons (Fsp3) is 0.318. The zero-order chi connectivity index (χ0) is 23.6. The van der Waals surface area contributed by atoms with Gasteiger partial charge in [-0.2, -0.15) is 4.31 Å². The number of aromatic nitrogens is 1. The largest absolute Gasteiger partial charge is 0.347 e. The van der Waals surface area contributed by atoms with Crippen LogP contribution in [-0.4, -0.2) is 66.7 Å². The molecule has 1 aromatic heterocycles. The lowest BCUT2D eigenvalue weighted by atomic mass is 10.1. The molecule has 1 aliphatic rings. The van der Waals surface area contributed by atoms with E-state index in [2.05, 4.69) is 5.32 Å². The molecule has 0 radical (unpaired) electrons. The van der Waals surface area contributed by atoms with Crippen LogP contribution < -0.4 is 10.2 Å². The first-order valence-electron chi connectivity index (χ1n) is 10.4. The highest BCUT2D eigenvalue weighted by Gasteiger charge is 2.30. The molecule has 0 bridgehead atoms. The average Bonchev–Trinajstić information content (AvgIpc) is 3.11. The van der Waals surface area contributed by atoms with Crippen molar-refractivity contribution in [3.63, 3.8) is 0 Å². The molecule has 1 saturated heterocycles. The van der Waals surface area contributed by atoms with Crippen LogP contribution in [0.3, 0.4) is 0 Å². The van der Waals surface area contributed by atoms with Crippen LogP contribution in [-0.2, 0) is 33.1 Å². The highest BCUT2D eigenvalue weighted by molar-refractivity contribution is 7.89. The average molecular weight is 489 g/mol. The van der Waals surface area contributed by atoms with Gasteiger partial charge in [0.1, 0.15) is 0 Å². The molecule has 33 heavy (non-hydrogen) atoms. The predicted molar refractivity (Wildman–Crippen MR) is 126 cm³/mol. The summed E-state index contributed by atoms with van der Waals surface area (Å²) in [5, 5.41) is 2.63. The van der Waals surface area contributed by atoms with E-state index < -0.39 is 10.0 Å². The summed E-state index contributed by atoms with van der Waals surface area (Å²) in [6.07, 6.45) is 0.195. The molecular formula is C22H24N4O5S2. The summed E-state index contributed by atoms with van der Waals surface area (Å²) in [5.74, 6) is -0.488. The van der Waals surface area contributed by atoms with Gasteiger partial charge in [-0.05, 0) is 23.8 Å². The van der Waals surface area contributed by atoms with Gasteiger partial charge in [-0.15, -0.1) is 0 Å². The number of aryl methyl sites for hydroxylation is 1. The van der Waals surface area contributed by atoms with E-state index in [1.54, 1.807) is 18.0 Å². The first-order chi connectivity index (χ1) is 15.8. The molecule has 4 rings (SSSR count). The van der Waals surface area contributed by atoms with Crippen LogP contribution in [0.5, 0.6) is 0 Å². The zero-order valence-electron chi connectivity index (χ0n) is 18.1. The molecule has 0 unspecified atom stereocenters. The van der Waals surface area contributed by atoms with Crippen molar-refractivity contribution in [2.75, 3.05) is 32.7 Å². The minimum atomic E-state index is -3.75. The fourth-order valence-electron chi connectivity index (χ4n) is 3.73. The first-order valence-corrected chi connectivity index (χ1v) is 12.7. The van der Waals surface area contributed by atoms with Crippen molar-refractivity contribution in [3.05, 3.63) is 63.8 Å². The Morgan fingerprint density at radius 2 is 1.73 bits per heavy atom. The number of carbonyl (C=O) groups is 2. The van der Waals surface area contributed by atoms with Crippen molar-refractivity contribution in [2.45, 2.75) is 11.3 Å². The molecule has 9 nitrogen and oxygen atoms in total. The number of hydrogen-bond acceptors (Lipinski definition) is 6. The lowest BCUT2D eigenvalue weighted by molar-refractivity contribution is -0.133. The van der Waals surface area contributed by atoms with Gasteiger partial charge in [0, 0.05) is 33.2 Å². The Balaban J connectivity index is 1.32. The number of sulfonamides is 1. The monoisotopic (exact) mass is 488 g/mol. The molecule has 0 spiro atoms. The maximum Gasteiger partial charge on any atom is 0.307 e. The van der Waals surface area contributed by atoms with E-state index in [1.165, 1.54) is 21.0 Å². The summed E-state index contributed by atoms with van der Waals surface area (Å²) in [5.41, 5.74) is 1.55. The summed E-state index contributed by atoms with van der Waals surface area (Å²) in [7, 11) is -2.10. The lowest BCUT2D eigenvalue weighted by Gasteiger charge is -2.34. The number of rotatable bonds is 6. The minimum Gasteiger partial charge on any atom is -0.347 e. The molecule has 2 amide bonds. The van der Waals surface area contributed by atoms with Gasteiger partial charge >= 0.3 is 4.87 Å². The molecule has 1 aliphatic heterocycles. The van der Waals surface area contributed by atoms with E-state index in [0.29, 0.717) is 10.2 Å². The maximum atomic E-state index is 13.1. The van der Waals surface area contributed by atoms with Gasteiger partial charge in [0.2, 0.25) is 21.8 Å². The van der Waals surface area contributed by atoms with Crippen molar-refractivity contribution >= 4 is 43.4 Å². The van der Waals surface area contributed by atoms with Gasteiger partial charge < -0.3 is 14.8 Å². The summed E-state index contributed by atoms with van der Waals surface area (Å²) >= 11 is 1.01. The Hall–Kier alpha value is -3.02. The number of nitrogens with zero attached hydrogens (tertiary/aromatic N) is 3. The minimum absolute atomic E-state index is 0.123. The third-order valence-electron chi connectivity index (χ3n) is 5.64. The van der Waals surface area contributed by atoms with Crippen LogP contribution in [0, 0.1) is 0 Å². The molecule has 3 aromatic rings. The van der Waals surface area contributed by atoms with Crippen molar-refractivity contribution in [3.8, 4) is 0 Å². The molecule has 2 aromatic carbocycles. The van der Waals surface area contributed by atoms with Gasteiger partial charge in [0.15, 0.2) is 0 Å². The summed E-state index contributed by atoms with van der Waals surface area (Å²) in [6, 6.07) is 13.9. The Kier molecular flexibility index (Phi) is 6.63. The number of fused-ring (bicyclic) bond motifs is 1. The topological polar surface area (TPSA) is 109 Å². The highest BCUT2D eigenvalue weighted by atomic mass is 32.2. The standard InChI is InChI=1S/C22H24N4O5S2/c1-24-18-8-7-17(14-19(18)32-22(24)29)33(30,31)26-11-9-25(10-12-26)21(28)15-23-20(27)13-16-5-3-2-4-6-16/h2-8,14H,9-13,15H2,1H3,(H,23,27). The number of amides is 2. The number of thiazole rings is 1. The molecule has 0 atom stereocenters. The fourth-order valence-corrected chi connectivity index (χ4v) is 6.17. The van der Waals surface area contributed by atoms with E-state index in [4.69, 9.17) is 0 Å². The molecule has 2 heterocycles. The molecule has 1 fully saturated rings. The molecule has 1 N–H and O–H groups in total. The summed E-state index contributed by atoms with van der Waals surface area (Å²) in [4.78, 5) is 37.9. The number of hydrogen-bond donors (Lipinski definition) is 1. The molecule has 11 heteroatoms. The van der Waals surface area contributed by atoms with E-state index >= 15 is 0 Å². The quantitative estimate of drug-likeness (QED) is 0.552. The smallest absolute Gasteiger partial charge is 0.307 e. The molecule has 174 valence electrons. The normalized spacial score (nSPS) is 15.0. The van der Waals surface area contributed by atoms with Crippen LogP contribution in [0.15, 0.2) is 58.2 Å². The summed E-state index contributed by atoms with van der Waals surface area (Å²) < 4.78 is 29.6. The van der Waals surface area contributed by atoms with Crippen molar-refractivity contribution < 1.29 is 18.0 Å². The van der Waals surface area contributed by atoms with Crippen molar-refractivity contribution in [1.82, 2.24) is 19.1 Å². The third kappa shape index (κ3) is 5.00. The number of piperazine rings is 1. The van der Waals surface area contributed by atoms with Crippen LogP contribution in [0.1, 0.15) is 5.56 Å². The SMILES string of the molecule is Cn1c(=O)sc2cc(S(=O)(=O)N3CCN(C(=O)CNC(=O)Cc4ccccc4)CC3)ccc21. The molecule has 0 saturated carbocycles. The van der Waals surface area contributed by atoms with Gasteiger partial charge in [-0.1, -0.05) is 41.7 Å². The van der Waals surface area contributed by atoms with Gasteiger partial charge in [-0.25, -0.2) is 8.42 Å². The van der Waals surface area contributed by atoms with E-state index in [0.717, 1.165) is 16.9 Å². The van der Waals surface area contributed by atoms with E-state index in [1.807, 2.05) is 30.3 Å².